The molecule has 0 aliphatic carbocycles. The Bertz CT molecular complexity index is 1020. The summed E-state index contributed by atoms with van der Waals surface area (Å²) < 4.78 is 12.5. The molecular formula is C18H21N7O3. The van der Waals surface area contributed by atoms with Gasteiger partial charge in [-0.2, -0.15) is 9.97 Å². The molecule has 4 heterocycles. The second kappa shape index (κ2) is 7.37. The van der Waals surface area contributed by atoms with Crippen molar-refractivity contribution in [2.45, 2.75) is 32.8 Å². The number of nitrogens with zero attached hydrogens (tertiary/aromatic N) is 7. The summed E-state index contributed by atoms with van der Waals surface area (Å²) in [6, 6.07) is 3.81. The average molecular weight is 383 g/mol. The molecule has 4 rings (SSSR count). The highest BCUT2D eigenvalue weighted by Gasteiger charge is 2.28. The van der Waals surface area contributed by atoms with Gasteiger partial charge in [0, 0.05) is 30.2 Å². The molecule has 3 aromatic rings. The van der Waals surface area contributed by atoms with Gasteiger partial charge in [-0.25, -0.2) is 14.5 Å². The first kappa shape index (κ1) is 18.1. The molecule has 1 unspecified atom stereocenters. The number of hydrogen-bond donors (Lipinski definition) is 0. The SMILES string of the molecule is COc1nccc(OC2CCCN(C(=O)c3nc4nc(C)cc(C)n4n3)C2)n1. The summed E-state index contributed by atoms with van der Waals surface area (Å²) in [7, 11) is 1.50. The molecule has 10 nitrogen and oxygen atoms in total. The first-order chi connectivity index (χ1) is 13.5. The van der Waals surface area contributed by atoms with E-state index in [9.17, 15) is 4.79 Å². The van der Waals surface area contributed by atoms with Gasteiger partial charge in [-0.1, -0.05) is 0 Å². The van der Waals surface area contributed by atoms with Gasteiger partial charge in [0.15, 0.2) is 0 Å². The zero-order valence-electron chi connectivity index (χ0n) is 16.0. The minimum Gasteiger partial charge on any atom is -0.472 e. The predicted molar refractivity (Wildman–Crippen MR) is 98.4 cm³/mol. The Balaban J connectivity index is 1.49. The Kier molecular flexibility index (Phi) is 4.76. The van der Waals surface area contributed by atoms with Crippen LogP contribution >= 0.6 is 0 Å². The van der Waals surface area contributed by atoms with E-state index in [4.69, 9.17) is 9.47 Å². The number of rotatable bonds is 4. The molecule has 0 radical (unpaired) electrons. The van der Waals surface area contributed by atoms with Gasteiger partial charge in [-0.05, 0) is 32.8 Å². The fourth-order valence-corrected chi connectivity index (χ4v) is 3.28. The van der Waals surface area contributed by atoms with Gasteiger partial charge in [0.05, 0.1) is 13.7 Å². The van der Waals surface area contributed by atoms with E-state index < -0.39 is 0 Å². The highest BCUT2D eigenvalue weighted by Crippen LogP contribution is 2.19. The highest BCUT2D eigenvalue weighted by molar-refractivity contribution is 5.91. The zero-order chi connectivity index (χ0) is 19.7. The molecule has 1 atom stereocenters. The van der Waals surface area contributed by atoms with Gasteiger partial charge in [0.25, 0.3) is 11.7 Å². The molecule has 1 saturated heterocycles. The van der Waals surface area contributed by atoms with Crippen molar-refractivity contribution in [3.63, 3.8) is 0 Å². The summed E-state index contributed by atoms with van der Waals surface area (Å²) in [5, 5.41) is 4.33. The lowest BCUT2D eigenvalue weighted by atomic mass is 10.1. The Morgan fingerprint density at radius 3 is 2.93 bits per heavy atom. The van der Waals surface area contributed by atoms with Crippen molar-refractivity contribution in [1.82, 2.24) is 34.4 Å². The van der Waals surface area contributed by atoms with Crippen LogP contribution in [-0.2, 0) is 0 Å². The summed E-state index contributed by atoms with van der Waals surface area (Å²) in [6.07, 6.45) is 3.05. The zero-order valence-corrected chi connectivity index (χ0v) is 16.0. The Morgan fingerprint density at radius 1 is 1.25 bits per heavy atom. The van der Waals surface area contributed by atoms with Crippen LogP contribution in [0.2, 0.25) is 0 Å². The Labute approximate surface area is 161 Å². The number of aryl methyl sites for hydroxylation is 2. The quantitative estimate of drug-likeness (QED) is 0.662. The third-order valence-electron chi connectivity index (χ3n) is 4.55. The number of hydrogen-bond acceptors (Lipinski definition) is 8. The number of fused-ring (bicyclic) bond motifs is 1. The largest absolute Gasteiger partial charge is 0.472 e. The summed E-state index contributed by atoms with van der Waals surface area (Å²) >= 11 is 0. The van der Waals surface area contributed by atoms with E-state index >= 15 is 0 Å². The number of carbonyl (C=O) groups excluding carboxylic acids is 1. The van der Waals surface area contributed by atoms with Crippen LogP contribution in [-0.4, -0.2) is 66.7 Å². The van der Waals surface area contributed by atoms with Crippen molar-refractivity contribution in [2.24, 2.45) is 0 Å². The smallest absolute Gasteiger partial charge is 0.319 e. The Morgan fingerprint density at radius 2 is 2.11 bits per heavy atom. The lowest BCUT2D eigenvalue weighted by Crippen LogP contribution is -2.44. The average Bonchev–Trinajstić information content (AvgIpc) is 3.12. The molecule has 1 aliphatic heterocycles. The minimum atomic E-state index is -0.226. The molecule has 28 heavy (non-hydrogen) atoms. The molecule has 1 amide bonds. The van der Waals surface area contributed by atoms with E-state index in [0.29, 0.717) is 24.7 Å². The van der Waals surface area contributed by atoms with Crippen molar-refractivity contribution in [1.29, 1.82) is 0 Å². The molecule has 0 bridgehead atoms. The number of likely N-dealkylation sites (tertiary alicyclic amines) is 1. The van der Waals surface area contributed by atoms with Crippen LogP contribution in [0.3, 0.4) is 0 Å². The minimum absolute atomic E-state index is 0.144. The molecule has 3 aromatic heterocycles. The number of aromatic nitrogens is 6. The fraction of sp³-hybridized carbons (Fsp3) is 0.444. The van der Waals surface area contributed by atoms with E-state index in [1.807, 2.05) is 19.9 Å². The van der Waals surface area contributed by atoms with Crippen molar-refractivity contribution in [3.05, 3.63) is 35.5 Å². The van der Waals surface area contributed by atoms with E-state index in [-0.39, 0.29) is 23.8 Å². The summed E-state index contributed by atoms with van der Waals surface area (Å²) in [4.78, 5) is 31.4. The molecule has 0 spiro atoms. The molecule has 0 aromatic carbocycles. The lowest BCUT2D eigenvalue weighted by Gasteiger charge is -2.31. The van der Waals surface area contributed by atoms with E-state index in [1.54, 1.807) is 21.7 Å². The van der Waals surface area contributed by atoms with Gasteiger partial charge in [-0.3, -0.25) is 4.79 Å². The van der Waals surface area contributed by atoms with E-state index in [1.165, 1.54) is 7.11 Å². The van der Waals surface area contributed by atoms with Gasteiger partial charge in [-0.15, -0.1) is 5.10 Å². The molecule has 1 aliphatic rings. The van der Waals surface area contributed by atoms with Crippen LogP contribution < -0.4 is 9.47 Å². The molecule has 0 saturated carbocycles. The summed E-state index contributed by atoms with van der Waals surface area (Å²) in [5.41, 5.74) is 1.72. The predicted octanol–water partition coefficient (Wildman–Crippen LogP) is 1.22. The number of amides is 1. The fourth-order valence-electron chi connectivity index (χ4n) is 3.28. The Hall–Kier alpha value is -3.30. The van der Waals surface area contributed by atoms with Crippen LogP contribution in [0, 0.1) is 13.8 Å². The third kappa shape index (κ3) is 3.57. The maximum absolute atomic E-state index is 12.9. The van der Waals surface area contributed by atoms with Gasteiger partial charge < -0.3 is 14.4 Å². The van der Waals surface area contributed by atoms with Crippen LogP contribution in [0.1, 0.15) is 34.8 Å². The van der Waals surface area contributed by atoms with Crippen LogP contribution in [0.5, 0.6) is 11.9 Å². The van der Waals surface area contributed by atoms with Crippen LogP contribution in [0.25, 0.3) is 5.78 Å². The summed E-state index contributed by atoms with van der Waals surface area (Å²) in [6.45, 7) is 4.86. The van der Waals surface area contributed by atoms with Crippen LogP contribution in [0.15, 0.2) is 18.3 Å². The van der Waals surface area contributed by atoms with Crippen LogP contribution in [0.4, 0.5) is 0 Å². The van der Waals surface area contributed by atoms with Crippen molar-refractivity contribution in [2.75, 3.05) is 20.2 Å². The maximum Gasteiger partial charge on any atom is 0.319 e. The number of carbonyl (C=O) groups is 1. The maximum atomic E-state index is 12.9. The van der Waals surface area contributed by atoms with Gasteiger partial charge in [0.1, 0.15) is 6.10 Å². The van der Waals surface area contributed by atoms with Gasteiger partial charge >= 0.3 is 6.01 Å². The molecular weight excluding hydrogens is 362 g/mol. The van der Waals surface area contributed by atoms with E-state index in [0.717, 1.165) is 24.2 Å². The summed E-state index contributed by atoms with van der Waals surface area (Å²) in [5.74, 6) is 0.771. The first-order valence-electron chi connectivity index (χ1n) is 9.07. The molecule has 1 fully saturated rings. The van der Waals surface area contributed by atoms with Crippen molar-refractivity contribution in [3.8, 4) is 11.9 Å². The second-order valence-corrected chi connectivity index (χ2v) is 6.70. The molecule has 0 N–H and O–H groups in total. The third-order valence-corrected chi connectivity index (χ3v) is 4.55. The number of methoxy groups -OCH3 is 1. The number of piperidine rings is 1. The highest BCUT2D eigenvalue weighted by atomic mass is 16.5. The standard InChI is InChI=1S/C18H21N7O3/c1-11-9-12(2)25-17(20-11)22-15(23-25)16(26)24-8-4-5-13(10-24)28-14-6-7-19-18(21-14)27-3/h6-7,9,13H,4-5,8,10H2,1-3H3. The van der Waals surface area contributed by atoms with Crippen molar-refractivity contribution < 1.29 is 14.3 Å². The van der Waals surface area contributed by atoms with E-state index in [2.05, 4.69) is 25.0 Å². The normalized spacial score (nSPS) is 17.0. The molecule has 10 heteroatoms. The molecule has 146 valence electrons. The van der Waals surface area contributed by atoms with Crippen molar-refractivity contribution >= 4 is 11.7 Å². The second-order valence-electron chi connectivity index (χ2n) is 6.70. The first-order valence-corrected chi connectivity index (χ1v) is 9.07. The topological polar surface area (TPSA) is 108 Å². The number of ether oxygens (including phenoxy) is 2. The van der Waals surface area contributed by atoms with Gasteiger partial charge in [0.2, 0.25) is 11.7 Å². The monoisotopic (exact) mass is 383 g/mol. The lowest BCUT2D eigenvalue weighted by molar-refractivity contribution is 0.0515.